The minimum atomic E-state index is -1.14. The Labute approximate surface area is 147 Å². The van der Waals surface area contributed by atoms with Crippen molar-refractivity contribution >= 4 is 18.5 Å². The van der Waals surface area contributed by atoms with Crippen molar-refractivity contribution in [2.45, 2.75) is 50.4 Å². The summed E-state index contributed by atoms with van der Waals surface area (Å²) in [5, 5.41) is 9.19. The standard InChI is InChI=1S/C18H23FN4O2/c1-17(4-7-22(13-24)8-5-17)18(3-2-6-21-18)10-16(25)23-12-14(19)9-15(23)11-20/h2-3,6,13-15H,4-5,7-10,12H2,1H3. The van der Waals surface area contributed by atoms with Crippen molar-refractivity contribution in [3.05, 3.63) is 12.2 Å². The third kappa shape index (κ3) is 3.06. The van der Waals surface area contributed by atoms with Gasteiger partial charge in [-0.15, -0.1) is 0 Å². The molecular formula is C18H23FN4O2. The Morgan fingerprint density at radius 2 is 2.20 bits per heavy atom. The molecule has 3 aliphatic rings. The fourth-order valence-corrected chi connectivity index (χ4v) is 4.17. The number of halogens is 1. The van der Waals surface area contributed by atoms with Crippen LogP contribution in [-0.2, 0) is 9.59 Å². The molecule has 3 heterocycles. The van der Waals surface area contributed by atoms with Crippen molar-refractivity contribution < 1.29 is 14.0 Å². The Morgan fingerprint density at radius 3 is 2.76 bits per heavy atom. The van der Waals surface area contributed by atoms with Gasteiger partial charge in [-0.1, -0.05) is 13.0 Å². The first-order valence-corrected chi connectivity index (χ1v) is 8.69. The number of rotatable bonds is 4. The second kappa shape index (κ2) is 6.58. The van der Waals surface area contributed by atoms with E-state index < -0.39 is 17.8 Å². The van der Waals surface area contributed by atoms with Crippen molar-refractivity contribution in [1.82, 2.24) is 9.80 Å². The summed E-state index contributed by atoms with van der Waals surface area (Å²) in [6.45, 7) is 3.35. The van der Waals surface area contributed by atoms with Crippen molar-refractivity contribution in [1.29, 1.82) is 5.26 Å². The molecule has 2 saturated heterocycles. The molecule has 25 heavy (non-hydrogen) atoms. The average Bonchev–Trinajstić information content (AvgIpc) is 3.23. The summed E-state index contributed by atoms with van der Waals surface area (Å²) in [4.78, 5) is 31.6. The highest BCUT2D eigenvalue weighted by atomic mass is 19.1. The highest BCUT2D eigenvalue weighted by molar-refractivity contribution is 5.82. The lowest BCUT2D eigenvalue weighted by molar-refractivity contribution is -0.134. The van der Waals surface area contributed by atoms with E-state index in [0.717, 1.165) is 19.3 Å². The van der Waals surface area contributed by atoms with E-state index in [1.54, 1.807) is 11.1 Å². The third-order valence-corrected chi connectivity index (χ3v) is 6.00. The van der Waals surface area contributed by atoms with Gasteiger partial charge in [0, 0.05) is 31.1 Å². The summed E-state index contributed by atoms with van der Waals surface area (Å²) in [5.74, 6) is -0.227. The molecule has 3 rings (SSSR count). The maximum absolute atomic E-state index is 13.7. The average molecular weight is 346 g/mol. The predicted molar refractivity (Wildman–Crippen MR) is 90.6 cm³/mol. The van der Waals surface area contributed by atoms with Gasteiger partial charge in [0.15, 0.2) is 0 Å². The van der Waals surface area contributed by atoms with E-state index in [1.165, 1.54) is 4.90 Å². The van der Waals surface area contributed by atoms with Crippen LogP contribution in [-0.4, -0.2) is 65.7 Å². The lowest BCUT2D eigenvalue weighted by atomic mass is 9.64. The number of piperidine rings is 1. The smallest absolute Gasteiger partial charge is 0.226 e. The summed E-state index contributed by atoms with van der Waals surface area (Å²) in [6, 6.07) is 1.33. The molecule has 2 amide bonds. The molecule has 6 nitrogen and oxygen atoms in total. The van der Waals surface area contributed by atoms with Gasteiger partial charge in [0.1, 0.15) is 12.2 Å². The van der Waals surface area contributed by atoms with Gasteiger partial charge in [-0.05, 0) is 18.9 Å². The first-order chi connectivity index (χ1) is 11.9. The zero-order chi connectivity index (χ0) is 18.1. The van der Waals surface area contributed by atoms with Crippen molar-refractivity contribution in [3.8, 4) is 6.07 Å². The van der Waals surface area contributed by atoms with Gasteiger partial charge < -0.3 is 9.80 Å². The van der Waals surface area contributed by atoms with Gasteiger partial charge in [-0.2, -0.15) is 5.26 Å². The number of likely N-dealkylation sites (tertiary alicyclic amines) is 2. The van der Waals surface area contributed by atoms with Crippen molar-refractivity contribution in [2.75, 3.05) is 19.6 Å². The minimum Gasteiger partial charge on any atom is -0.345 e. The van der Waals surface area contributed by atoms with Crippen LogP contribution in [0.15, 0.2) is 17.1 Å². The molecular weight excluding hydrogens is 323 g/mol. The first-order valence-electron chi connectivity index (χ1n) is 8.69. The minimum absolute atomic E-state index is 0.0177. The zero-order valence-corrected chi connectivity index (χ0v) is 14.4. The van der Waals surface area contributed by atoms with E-state index in [1.807, 2.05) is 18.2 Å². The van der Waals surface area contributed by atoms with Gasteiger partial charge in [-0.25, -0.2) is 4.39 Å². The first kappa shape index (κ1) is 17.6. The van der Waals surface area contributed by atoms with Gasteiger partial charge in [0.05, 0.1) is 24.6 Å². The largest absolute Gasteiger partial charge is 0.345 e. The molecule has 0 aliphatic carbocycles. The highest BCUT2D eigenvalue weighted by Gasteiger charge is 2.51. The second-order valence-corrected chi connectivity index (χ2v) is 7.46. The lowest BCUT2D eigenvalue weighted by Crippen LogP contribution is -2.52. The molecule has 3 atom stereocenters. The summed E-state index contributed by atoms with van der Waals surface area (Å²) < 4.78 is 13.7. The van der Waals surface area contributed by atoms with Gasteiger partial charge >= 0.3 is 0 Å². The molecule has 0 aromatic carbocycles. The van der Waals surface area contributed by atoms with Crippen LogP contribution in [0.4, 0.5) is 4.39 Å². The molecule has 0 aromatic rings. The van der Waals surface area contributed by atoms with Gasteiger partial charge in [0.2, 0.25) is 12.3 Å². The summed E-state index contributed by atoms with van der Waals surface area (Å²) in [7, 11) is 0. The number of allylic oxidation sites excluding steroid dienone is 1. The fraction of sp³-hybridized carbons (Fsp3) is 0.667. The van der Waals surface area contributed by atoms with Crippen LogP contribution < -0.4 is 0 Å². The normalized spacial score (nSPS) is 33.5. The van der Waals surface area contributed by atoms with E-state index >= 15 is 0 Å². The number of nitrogens with zero attached hydrogens (tertiary/aromatic N) is 4. The molecule has 3 unspecified atom stereocenters. The number of aliphatic imine (C=N–C) groups is 1. The van der Waals surface area contributed by atoms with E-state index in [2.05, 4.69) is 11.9 Å². The monoisotopic (exact) mass is 346 g/mol. The number of carbonyl (C=O) groups excluding carboxylic acids is 2. The van der Waals surface area contributed by atoms with Crippen molar-refractivity contribution in [3.63, 3.8) is 0 Å². The Hall–Kier alpha value is -2.23. The number of amides is 2. The Balaban J connectivity index is 1.79. The van der Waals surface area contributed by atoms with Crippen LogP contribution in [0, 0.1) is 16.7 Å². The van der Waals surface area contributed by atoms with Gasteiger partial charge in [0.25, 0.3) is 0 Å². The summed E-state index contributed by atoms with van der Waals surface area (Å²) in [5.41, 5.74) is -0.948. The third-order valence-electron chi connectivity index (χ3n) is 6.00. The van der Waals surface area contributed by atoms with Crippen LogP contribution in [0.2, 0.25) is 0 Å². The summed E-state index contributed by atoms with van der Waals surface area (Å²) in [6.07, 6.45) is 6.91. The van der Waals surface area contributed by atoms with E-state index in [0.29, 0.717) is 13.1 Å². The molecule has 0 saturated carbocycles. The predicted octanol–water partition coefficient (Wildman–Crippen LogP) is 1.48. The number of hydrogen-bond acceptors (Lipinski definition) is 4. The van der Waals surface area contributed by atoms with E-state index in [4.69, 9.17) is 0 Å². The number of hydrogen-bond donors (Lipinski definition) is 0. The Kier molecular flexibility index (Phi) is 4.63. The number of carbonyl (C=O) groups is 2. The maximum Gasteiger partial charge on any atom is 0.226 e. The molecule has 0 radical (unpaired) electrons. The van der Waals surface area contributed by atoms with E-state index in [-0.39, 0.29) is 30.7 Å². The molecule has 0 bridgehead atoms. The Morgan fingerprint density at radius 1 is 1.48 bits per heavy atom. The molecule has 0 spiro atoms. The molecule has 0 aromatic heterocycles. The second-order valence-electron chi connectivity index (χ2n) is 7.46. The van der Waals surface area contributed by atoms with Crippen LogP contribution in [0.25, 0.3) is 0 Å². The topological polar surface area (TPSA) is 76.8 Å². The lowest BCUT2D eigenvalue weighted by Gasteiger charge is -2.48. The zero-order valence-electron chi connectivity index (χ0n) is 14.4. The van der Waals surface area contributed by atoms with Gasteiger partial charge in [-0.3, -0.25) is 14.6 Å². The molecule has 7 heteroatoms. The van der Waals surface area contributed by atoms with Crippen LogP contribution in [0.3, 0.4) is 0 Å². The van der Waals surface area contributed by atoms with Crippen LogP contribution >= 0.6 is 0 Å². The molecule has 3 aliphatic heterocycles. The maximum atomic E-state index is 13.7. The van der Waals surface area contributed by atoms with E-state index in [9.17, 15) is 19.2 Å². The Bertz CT molecular complexity index is 634. The highest BCUT2D eigenvalue weighted by Crippen LogP contribution is 2.48. The van der Waals surface area contributed by atoms with Crippen LogP contribution in [0.1, 0.15) is 32.6 Å². The molecule has 0 N–H and O–H groups in total. The fourth-order valence-electron chi connectivity index (χ4n) is 4.17. The summed E-state index contributed by atoms with van der Waals surface area (Å²) >= 11 is 0. The quantitative estimate of drug-likeness (QED) is 0.724. The number of alkyl halides is 1. The van der Waals surface area contributed by atoms with Crippen LogP contribution in [0.5, 0.6) is 0 Å². The molecule has 2 fully saturated rings. The number of nitriles is 1. The molecule has 134 valence electrons. The SMILES string of the molecule is CC1(C2(CC(=O)N3CC(F)CC3C#N)C=CC=N2)CCN(C=O)CC1. The van der Waals surface area contributed by atoms with Crippen molar-refractivity contribution in [2.24, 2.45) is 10.4 Å².